The third-order valence-electron chi connectivity index (χ3n) is 2.50. The molecule has 0 saturated carbocycles. The minimum absolute atomic E-state index is 0.0647. The van der Waals surface area contributed by atoms with Crippen molar-refractivity contribution in [1.82, 2.24) is 4.90 Å². The highest BCUT2D eigenvalue weighted by molar-refractivity contribution is 9.10. The quantitative estimate of drug-likeness (QED) is 0.786. The summed E-state index contributed by atoms with van der Waals surface area (Å²) >= 11 is 9.52. The summed E-state index contributed by atoms with van der Waals surface area (Å²) in [6.07, 6.45) is 1.39. The molecule has 21 heavy (non-hydrogen) atoms. The molecule has 1 aliphatic rings. The molecule has 6 nitrogen and oxygen atoms in total. The Hall–Kier alpha value is -1.51. The van der Waals surface area contributed by atoms with Crippen molar-refractivity contribution in [2.75, 3.05) is 6.54 Å². The van der Waals surface area contributed by atoms with Crippen molar-refractivity contribution >= 4 is 62.5 Å². The number of halogens is 2. The number of nitrogens with zero attached hydrogens (tertiary/aromatic N) is 1. The number of hydrogen-bond acceptors (Lipinski definition) is 6. The molecular weight excluding hydrogens is 386 g/mol. The van der Waals surface area contributed by atoms with Crippen LogP contribution in [0.3, 0.4) is 0 Å². The predicted octanol–water partition coefficient (Wildman–Crippen LogP) is 1.59. The predicted molar refractivity (Wildman–Crippen MR) is 78.5 cm³/mol. The molecule has 0 radical (unpaired) electrons. The number of phenols is 1. The molecule has 0 aliphatic carbocycles. The number of carboxylic acid groups (broad SMARTS) is 1. The molecule has 1 aromatic carbocycles. The summed E-state index contributed by atoms with van der Waals surface area (Å²) in [5.74, 6) is -2.37. The van der Waals surface area contributed by atoms with Gasteiger partial charge in [-0.25, -0.2) is 0 Å². The largest absolute Gasteiger partial charge is 0.548 e. The molecule has 1 fully saturated rings. The fourth-order valence-electron chi connectivity index (χ4n) is 1.59. The van der Waals surface area contributed by atoms with Crippen LogP contribution in [0.25, 0.3) is 6.08 Å². The van der Waals surface area contributed by atoms with Crippen molar-refractivity contribution < 1.29 is 24.6 Å². The van der Waals surface area contributed by atoms with Crippen LogP contribution in [0, 0.1) is 0 Å². The zero-order valence-corrected chi connectivity index (χ0v) is 13.3. The van der Waals surface area contributed by atoms with Gasteiger partial charge in [0.2, 0.25) is 0 Å². The molecule has 9 heteroatoms. The minimum atomic E-state index is -1.52. The zero-order valence-electron chi connectivity index (χ0n) is 10.1. The number of benzene rings is 1. The maximum Gasteiger partial charge on any atom is 0.293 e. The van der Waals surface area contributed by atoms with Crippen molar-refractivity contribution in [2.24, 2.45) is 0 Å². The Kier molecular flexibility index (Phi) is 4.60. The molecular formula is C12H6BrClNO5S-. The third-order valence-corrected chi connectivity index (χ3v) is 4.30. The fourth-order valence-corrected chi connectivity index (χ4v) is 3.24. The molecule has 2 rings (SSSR count). The number of carbonyl (C=O) groups is 3. The molecule has 1 heterocycles. The smallest absolute Gasteiger partial charge is 0.293 e. The van der Waals surface area contributed by atoms with Crippen molar-refractivity contribution in [3.63, 3.8) is 0 Å². The van der Waals surface area contributed by atoms with E-state index in [0.717, 1.165) is 0 Å². The van der Waals surface area contributed by atoms with E-state index in [-0.39, 0.29) is 15.7 Å². The number of imide groups is 1. The number of hydrogen-bond donors (Lipinski definition) is 1. The number of amides is 2. The van der Waals surface area contributed by atoms with Crippen LogP contribution in [0.5, 0.6) is 5.75 Å². The summed E-state index contributed by atoms with van der Waals surface area (Å²) in [6.45, 7) is -0.790. The Bertz CT molecular complexity index is 667. The maximum absolute atomic E-state index is 11.9. The molecule has 1 N–H and O–H groups in total. The molecule has 0 spiro atoms. The van der Waals surface area contributed by atoms with Gasteiger partial charge in [-0.2, -0.15) is 0 Å². The number of carbonyl (C=O) groups excluding carboxylic acids is 3. The van der Waals surface area contributed by atoms with E-state index >= 15 is 0 Å². The van der Waals surface area contributed by atoms with E-state index < -0.39 is 23.7 Å². The molecule has 0 unspecified atom stereocenters. The SMILES string of the molecule is O=C([O-])CN1C(=O)S/C(=C/c2cc(Cl)c(O)c(Br)c2)C1=O. The standard InChI is InChI=1S/C12H7BrClNO5S/c13-6-1-5(2-7(14)10(6)18)3-8-11(19)15(4-9(16)17)12(20)21-8/h1-3,18H,4H2,(H,16,17)/p-1/b8-3+. The van der Waals surface area contributed by atoms with Gasteiger partial charge in [0.05, 0.1) is 26.9 Å². The van der Waals surface area contributed by atoms with Crippen molar-refractivity contribution in [1.29, 1.82) is 0 Å². The summed E-state index contributed by atoms with van der Waals surface area (Å²) in [5.41, 5.74) is 0.476. The van der Waals surface area contributed by atoms with Crippen molar-refractivity contribution in [3.05, 3.63) is 32.1 Å². The Morgan fingerprint density at radius 2 is 2.14 bits per heavy atom. The van der Waals surface area contributed by atoms with Gasteiger partial charge in [-0.05, 0) is 51.5 Å². The summed E-state index contributed by atoms with van der Waals surface area (Å²) < 4.78 is 0.329. The fraction of sp³-hybridized carbons (Fsp3) is 0.0833. The normalized spacial score (nSPS) is 16.9. The lowest BCUT2D eigenvalue weighted by atomic mass is 10.2. The van der Waals surface area contributed by atoms with Crippen molar-refractivity contribution in [3.8, 4) is 5.75 Å². The molecule has 2 amide bonds. The third kappa shape index (κ3) is 3.39. The van der Waals surface area contributed by atoms with Crippen LogP contribution in [0.4, 0.5) is 4.79 Å². The van der Waals surface area contributed by atoms with Gasteiger partial charge in [0.25, 0.3) is 11.1 Å². The first-order valence-corrected chi connectivity index (χ1v) is 7.41. The highest BCUT2D eigenvalue weighted by Crippen LogP contribution is 2.36. The molecule has 0 atom stereocenters. The van der Waals surface area contributed by atoms with Crippen LogP contribution in [0.1, 0.15) is 5.56 Å². The van der Waals surface area contributed by atoms with Gasteiger partial charge >= 0.3 is 0 Å². The van der Waals surface area contributed by atoms with E-state index in [1.165, 1.54) is 18.2 Å². The van der Waals surface area contributed by atoms with Gasteiger partial charge in [-0.15, -0.1) is 0 Å². The highest BCUT2D eigenvalue weighted by atomic mass is 79.9. The van der Waals surface area contributed by atoms with E-state index in [4.69, 9.17) is 11.6 Å². The number of rotatable bonds is 3. The first kappa shape index (κ1) is 15.9. The summed E-state index contributed by atoms with van der Waals surface area (Å²) in [7, 11) is 0. The van der Waals surface area contributed by atoms with Gasteiger partial charge < -0.3 is 15.0 Å². The molecule has 110 valence electrons. The number of aliphatic carboxylic acids is 1. The first-order valence-electron chi connectivity index (χ1n) is 5.43. The lowest BCUT2D eigenvalue weighted by molar-refractivity contribution is -0.305. The maximum atomic E-state index is 11.9. The Morgan fingerprint density at radius 3 is 2.71 bits per heavy atom. The summed E-state index contributed by atoms with van der Waals surface area (Å²) in [4.78, 5) is 34.6. The van der Waals surface area contributed by atoms with E-state index in [1.807, 2.05) is 0 Å². The topological polar surface area (TPSA) is 97.7 Å². The van der Waals surface area contributed by atoms with Crippen LogP contribution < -0.4 is 5.11 Å². The van der Waals surface area contributed by atoms with E-state index in [0.29, 0.717) is 26.7 Å². The van der Waals surface area contributed by atoms with Gasteiger partial charge in [0, 0.05) is 0 Å². The second-order valence-electron chi connectivity index (χ2n) is 3.97. The van der Waals surface area contributed by atoms with E-state index in [2.05, 4.69) is 15.9 Å². The Morgan fingerprint density at radius 1 is 1.48 bits per heavy atom. The lowest BCUT2D eigenvalue weighted by Gasteiger charge is -2.12. The number of thioether (sulfide) groups is 1. The van der Waals surface area contributed by atoms with Crippen LogP contribution >= 0.6 is 39.3 Å². The van der Waals surface area contributed by atoms with Crippen LogP contribution in [-0.2, 0) is 9.59 Å². The van der Waals surface area contributed by atoms with E-state index in [9.17, 15) is 24.6 Å². The number of phenolic OH excluding ortho intramolecular Hbond substituents is 1. The Labute approximate surface area is 136 Å². The average molecular weight is 392 g/mol. The van der Waals surface area contributed by atoms with Crippen LogP contribution in [0.2, 0.25) is 5.02 Å². The minimum Gasteiger partial charge on any atom is -0.548 e. The summed E-state index contributed by atoms with van der Waals surface area (Å²) in [6, 6.07) is 2.92. The second-order valence-corrected chi connectivity index (χ2v) is 6.23. The van der Waals surface area contributed by atoms with Crippen LogP contribution in [0.15, 0.2) is 21.5 Å². The molecule has 1 aromatic rings. The number of aromatic hydroxyl groups is 1. The molecule has 0 aromatic heterocycles. The lowest BCUT2D eigenvalue weighted by Crippen LogP contribution is -2.40. The highest BCUT2D eigenvalue weighted by Gasteiger charge is 2.34. The van der Waals surface area contributed by atoms with Gasteiger partial charge in [-0.1, -0.05) is 11.6 Å². The summed E-state index contributed by atoms with van der Waals surface area (Å²) in [5, 5.41) is 19.4. The monoisotopic (exact) mass is 390 g/mol. The Balaban J connectivity index is 2.33. The molecule has 1 aliphatic heterocycles. The van der Waals surface area contributed by atoms with Gasteiger partial charge in [-0.3, -0.25) is 14.5 Å². The van der Waals surface area contributed by atoms with Gasteiger partial charge in [0.15, 0.2) is 0 Å². The number of carboxylic acids is 1. The zero-order chi connectivity index (χ0) is 15.7. The van der Waals surface area contributed by atoms with E-state index in [1.54, 1.807) is 0 Å². The average Bonchev–Trinajstić information content (AvgIpc) is 2.63. The van der Waals surface area contributed by atoms with Gasteiger partial charge in [0.1, 0.15) is 5.75 Å². The first-order chi connectivity index (χ1) is 9.79. The molecule has 1 saturated heterocycles. The van der Waals surface area contributed by atoms with Crippen LogP contribution in [-0.4, -0.2) is 33.7 Å². The second kappa shape index (κ2) is 6.08. The molecule has 0 bridgehead atoms. The van der Waals surface area contributed by atoms with Crippen molar-refractivity contribution in [2.45, 2.75) is 0 Å².